The molecule has 0 saturated heterocycles. The van der Waals surface area contributed by atoms with Gasteiger partial charge in [0.05, 0.1) is 18.5 Å². The summed E-state index contributed by atoms with van der Waals surface area (Å²) in [6, 6.07) is 13.7. The smallest absolute Gasteiger partial charge is 0.266 e. The van der Waals surface area contributed by atoms with Gasteiger partial charge in [0.15, 0.2) is 0 Å². The second-order valence-electron chi connectivity index (χ2n) is 7.03. The normalized spacial score (nSPS) is 10.5. The second-order valence-corrected chi connectivity index (χ2v) is 7.03. The van der Waals surface area contributed by atoms with Crippen molar-refractivity contribution in [3.8, 4) is 17.0 Å². The van der Waals surface area contributed by atoms with Crippen LogP contribution in [0.2, 0.25) is 0 Å². The molecule has 0 saturated carbocycles. The Morgan fingerprint density at radius 3 is 2.50 bits per heavy atom. The van der Waals surface area contributed by atoms with Gasteiger partial charge in [-0.15, -0.1) is 0 Å². The summed E-state index contributed by atoms with van der Waals surface area (Å²) in [5.41, 5.74) is 1.89. The quantitative estimate of drug-likeness (QED) is 0.561. The van der Waals surface area contributed by atoms with Crippen molar-refractivity contribution in [2.75, 3.05) is 17.7 Å². The zero-order valence-corrected chi connectivity index (χ0v) is 17.7. The van der Waals surface area contributed by atoms with E-state index in [1.165, 1.54) is 36.9 Å². The Hall–Kier alpha value is -4.01. The lowest BCUT2D eigenvalue weighted by molar-refractivity contribution is -0.116. The Balaban J connectivity index is 1.63. The van der Waals surface area contributed by atoms with Gasteiger partial charge in [0, 0.05) is 37.2 Å². The number of hydrogen-bond donors (Lipinski definition) is 2. The molecule has 3 rings (SSSR count). The van der Waals surface area contributed by atoms with E-state index in [1.807, 2.05) is 0 Å². The molecular formula is C23H23FN4O4. The molecule has 0 radical (unpaired) electrons. The number of anilines is 2. The van der Waals surface area contributed by atoms with Gasteiger partial charge in [0.2, 0.25) is 11.8 Å². The molecular weight excluding hydrogens is 415 g/mol. The van der Waals surface area contributed by atoms with Gasteiger partial charge in [-0.25, -0.2) is 9.07 Å². The van der Waals surface area contributed by atoms with Gasteiger partial charge in [-0.3, -0.25) is 14.4 Å². The number of methoxy groups -OCH3 is 1. The highest BCUT2D eigenvalue weighted by molar-refractivity contribution is 5.94. The Bertz CT molecular complexity index is 1180. The van der Waals surface area contributed by atoms with Gasteiger partial charge in [-0.2, -0.15) is 5.10 Å². The fourth-order valence-corrected chi connectivity index (χ4v) is 3.07. The minimum Gasteiger partial charge on any atom is -0.495 e. The molecule has 2 aromatic carbocycles. The zero-order valence-electron chi connectivity index (χ0n) is 17.7. The predicted octanol–water partition coefficient (Wildman–Crippen LogP) is 3.44. The van der Waals surface area contributed by atoms with Crippen LogP contribution in [0.3, 0.4) is 0 Å². The molecule has 0 aliphatic carbocycles. The van der Waals surface area contributed by atoms with E-state index in [0.717, 1.165) is 0 Å². The van der Waals surface area contributed by atoms with Crippen LogP contribution in [0.25, 0.3) is 11.3 Å². The fourth-order valence-electron chi connectivity index (χ4n) is 3.07. The third-order valence-electron chi connectivity index (χ3n) is 4.57. The first-order valence-electron chi connectivity index (χ1n) is 9.95. The number of aryl methyl sites for hydroxylation is 1. The number of rotatable bonds is 8. The molecule has 32 heavy (non-hydrogen) atoms. The molecule has 9 heteroatoms. The first kappa shape index (κ1) is 22.7. The summed E-state index contributed by atoms with van der Waals surface area (Å²) in [6.45, 7) is 1.63. The molecule has 0 spiro atoms. The van der Waals surface area contributed by atoms with Crippen molar-refractivity contribution in [2.45, 2.75) is 26.3 Å². The predicted molar refractivity (Wildman–Crippen MR) is 119 cm³/mol. The number of benzene rings is 2. The van der Waals surface area contributed by atoms with E-state index in [9.17, 15) is 18.8 Å². The van der Waals surface area contributed by atoms with Crippen molar-refractivity contribution >= 4 is 23.2 Å². The monoisotopic (exact) mass is 438 g/mol. The van der Waals surface area contributed by atoms with Crippen molar-refractivity contribution in [2.24, 2.45) is 0 Å². The molecule has 0 aliphatic rings. The lowest BCUT2D eigenvalue weighted by Crippen LogP contribution is -2.23. The highest BCUT2D eigenvalue weighted by Crippen LogP contribution is 2.28. The largest absolute Gasteiger partial charge is 0.495 e. The zero-order chi connectivity index (χ0) is 23.1. The molecule has 3 aromatic rings. The van der Waals surface area contributed by atoms with E-state index >= 15 is 0 Å². The number of halogens is 1. The number of aromatic nitrogens is 2. The molecule has 2 amide bonds. The molecule has 1 aromatic heterocycles. The Labute approximate surface area is 184 Å². The highest BCUT2D eigenvalue weighted by Gasteiger charge is 2.10. The topological polar surface area (TPSA) is 102 Å². The lowest BCUT2D eigenvalue weighted by Gasteiger charge is -2.12. The van der Waals surface area contributed by atoms with Crippen molar-refractivity contribution in [3.63, 3.8) is 0 Å². The maximum Gasteiger partial charge on any atom is 0.266 e. The standard InChI is InChI=1S/C23H23FN4O4/c1-15(29)25-18-9-11-21(32-2)20(14-18)26-22(30)4-3-13-28-23(31)12-10-19(27-28)16-5-7-17(24)8-6-16/h5-12,14H,3-4,13H2,1-2H3,(H,25,29)(H,26,30). The van der Waals surface area contributed by atoms with Gasteiger partial charge in [0.1, 0.15) is 11.6 Å². The van der Waals surface area contributed by atoms with Gasteiger partial charge < -0.3 is 15.4 Å². The highest BCUT2D eigenvalue weighted by atomic mass is 19.1. The van der Waals surface area contributed by atoms with Crippen LogP contribution >= 0.6 is 0 Å². The summed E-state index contributed by atoms with van der Waals surface area (Å²) < 4.78 is 19.7. The molecule has 0 aliphatic heterocycles. The van der Waals surface area contributed by atoms with Gasteiger partial charge in [-0.05, 0) is 55.0 Å². The van der Waals surface area contributed by atoms with Gasteiger partial charge >= 0.3 is 0 Å². The lowest BCUT2D eigenvalue weighted by atomic mass is 10.1. The van der Waals surface area contributed by atoms with Crippen LogP contribution in [0.4, 0.5) is 15.8 Å². The first-order chi connectivity index (χ1) is 15.4. The van der Waals surface area contributed by atoms with Crippen LogP contribution in [-0.2, 0) is 16.1 Å². The Kier molecular flexibility index (Phi) is 7.33. The van der Waals surface area contributed by atoms with Gasteiger partial charge in [0.25, 0.3) is 5.56 Å². The van der Waals surface area contributed by atoms with Crippen molar-refractivity contribution in [3.05, 3.63) is 70.8 Å². The fraction of sp³-hybridized carbons (Fsp3) is 0.217. The van der Waals surface area contributed by atoms with E-state index in [0.29, 0.717) is 34.8 Å². The third-order valence-corrected chi connectivity index (χ3v) is 4.57. The van der Waals surface area contributed by atoms with Crippen molar-refractivity contribution in [1.82, 2.24) is 9.78 Å². The molecule has 0 unspecified atom stereocenters. The van der Waals surface area contributed by atoms with Crippen LogP contribution in [0.1, 0.15) is 19.8 Å². The van der Waals surface area contributed by atoms with Crippen molar-refractivity contribution in [1.29, 1.82) is 0 Å². The van der Waals surface area contributed by atoms with Crippen LogP contribution in [0.5, 0.6) is 5.75 Å². The summed E-state index contributed by atoms with van der Waals surface area (Å²) in [4.78, 5) is 35.8. The minimum atomic E-state index is -0.354. The first-order valence-corrected chi connectivity index (χ1v) is 9.95. The summed E-state index contributed by atoms with van der Waals surface area (Å²) in [5, 5.41) is 9.72. The Morgan fingerprint density at radius 1 is 1.06 bits per heavy atom. The number of nitrogens with one attached hydrogen (secondary N) is 2. The second kappa shape index (κ2) is 10.3. The number of carbonyl (C=O) groups excluding carboxylic acids is 2. The van der Waals surface area contributed by atoms with E-state index in [1.54, 1.807) is 36.4 Å². The molecule has 0 bridgehead atoms. The molecule has 166 valence electrons. The molecule has 0 fully saturated rings. The number of ether oxygens (including phenoxy) is 1. The van der Waals surface area contributed by atoms with Crippen LogP contribution in [0, 0.1) is 5.82 Å². The van der Waals surface area contributed by atoms with Crippen LogP contribution in [-0.4, -0.2) is 28.7 Å². The number of amides is 2. The van der Waals surface area contributed by atoms with Crippen LogP contribution in [0.15, 0.2) is 59.4 Å². The number of nitrogens with zero attached hydrogens (tertiary/aromatic N) is 2. The summed E-state index contributed by atoms with van der Waals surface area (Å²) in [6.07, 6.45) is 0.516. The molecule has 2 N–H and O–H groups in total. The Morgan fingerprint density at radius 2 is 1.81 bits per heavy atom. The third kappa shape index (κ3) is 6.00. The molecule has 1 heterocycles. The van der Waals surface area contributed by atoms with E-state index < -0.39 is 0 Å². The van der Waals surface area contributed by atoms with Gasteiger partial charge in [-0.1, -0.05) is 0 Å². The number of carbonyl (C=O) groups is 2. The summed E-state index contributed by atoms with van der Waals surface area (Å²) >= 11 is 0. The SMILES string of the molecule is COc1ccc(NC(C)=O)cc1NC(=O)CCCn1nc(-c2ccc(F)cc2)ccc1=O. The maximum absolute atomic E-state index is 13.1. The summed E-state index contributed by atoms with van der Waals surface area (Å²) in [5.74, 6) is -0.399. The minimum absolute atomic E-state index is 0.141. The molecule has 8 nitrogen and oxygen atoms in total. The van der Waals surface area contributed by atoms with E-state index in [2.05, 4.69) is 15.7 Å². The summed E-state index contributed by atoms with van der Waals surface area (Å²) in [7, 11) is 1.48. The maximum atomic E-state index is 13.1. The average Bonchev–Trinajstić information content (AvgIpc) is 2.75. The number of hydrogen-bond acceptors (Lipinski definition) is 5. The van der Waals surface area contributed by atoms with Crippen LogP contribution < -0.4 is 20.9 Å². The van der Waals surface area contributed by atoms with E-state index in [4.69, 9.17) is 4.74 Å². The molecule has 0 atom stereocenters. The van der Waals surface area contributed by atoms with E-state index in [-0.39, 0.29) is 36.2 Å². The average molecular weight is 438 g/mol. The van der Waals surface area contributed by atoms with Crippen molar-refractivity contribution < 1.29 is 18.7 Å².